The fourth-order valence-corrected chi connectivity index (χ4v) is 2.94. The zero-order valence-corrected chi connectivity index (χ0v) is 14.2. The molecule has 2 aromatic rings. The number of methoxy groups -OCH3 is 1. The highest BCUT2D eigenvalue weighted by molar-refractivity contribution is 5.55. The average Bonchev–Trinajstić information content (AvgIpc) is 2.59. The van der Waals surface area contributed by atoms with E-state index in [1.165, 1.54) is 33.2 Å². The summed E-state index contributed by atoms with van der Waals surface area (Å²) in [4.78, 5) is 23.5. The Bertz CT molecular complexity index is 978. The Morgan fingerprint density at radius 3 is 2.65 bits per heavy atom. The molecule has 3 rings (SSSR count). The molecule has 9 nitrogen and oxygen atoms in total. The molecule has 26 heavy (non-hydrogen) atoms. The van der Waals surface area contributed by atoms with Crippen LogP contribution in [0.2, 0.25) is 0 Å². The summed E-state index contributed by atoms with van der Waals surface area (Å²) in [5.41, 5.74) is -1.22. The number of aryl methyl sites for hydroxylation is 1. The van der Waals surface area contributed by atoms with Crippen molar-refractivity contribution in [3.63, 3.8) is 0 Å². The largest absolute Gasteiger partial charge is 0.507 e. The van der Waals surface area contributed by atoms with Crippen molar-refractivity contribution in [1.29, 1.82) is 0 Å². The molecule has 0 spiro atoms. The topological polar surface area (TPSA) is 124 Å². The lowest BCUT2D eigenvalue weighted by atomic mass is 9.86. The number of nitrogens with zero attached hydrogens (tertiary/aromatic N) is 1. The van der Waals surface area contributed by atoms with Crippen LogP contribution in [0, 0.1) is 17.0 Å². The second-order valence-corrected chi connectivity index (χ2v) is 5.60. The molecule has 0 amide bonds. The predicted octanol–water partition coefficient (Wildman–Crippen LogP) is 1.85. The van der Waals surface area contributed by atoms with Gasteiger partial charge in [-0.25, -0.2) is 4.79 Å². The molecule has 1 aliphatic rings. The Balaban J connectivity index is 2.37. The van der Waals surface area contributed by atoms with Gasteiger partial charge in [0.2, 0.25) is 0 Å². The summed E-state index contributed by atoms with van der Waals surface area (Å²) in [6, 6.07) is 5.96. The second-order valence-electron chi connectivity index (χ2n) is 5.60. The number of benzene rings is 1. The molecule has 1 aromatic carbocycles. The summed E-state index contributed by atoms with van der Waals surface area (Å²) in [5.74, 6) is -0.821. The van der Waals surface area contributed by atoms with E-state index in [4.69, 9.17) is 13.9 Å². The van der Waals surface area contributed by atoms with E-state index >= 15 is 0 Å². The van der Waals surface area contributed by atoms with Gasteiger partial charge in [-0.2, -0.15) is 0 Å². The molecule has 0 fully saturated rings. The summed E-state index contributed by atoms with van der Waals surface area (Å²) in [6.07, 6.45) is 0. The Morgan fingerprint density at radius 2 is 2.08 bits per heavy atom. The molecule has 1 unspecified atom stereocenters. The molecular weight excluding hydrogens is 344 g/mol. The first-order valence-corrected chi connectivity index (χ1v) is 7.63. The number of hydrogen-bond donors (Lipinski definition) is 2. The van der Waals surface area contributed by atoms with Crippen molar-refractivity contribution in [3.05, 3.63) is 73.3 Å². The molecule has 9 heteroatoms. The maximum Gasteiger partial charge on any atom is 0.344 e. The maximum absolute atomic E-state index is 12.4. The fourth-order valence-electron chi connectivity index (χ4n) is 2.94. The van der Waals surface area contributed by atoms with Crippen LogP contribution in [0.15, 0.2) is 45.1 Å². The number of rotatable bonds is 4. The van der Waals surface area contributed by atoms with Crippen LogP contribution in [0.3, 0.4) is 0 Å². The van der Waals surface area contributed by atoms with Gasteiger partial charge >= 0.3 is 11.3 Å². The van der Waals surface area contributed by atoms with Gasteiger partial charge in [-0.1, -0.05) is 0 Å². The lowest BCUT2D eigenvalue weighted by Crippen LogP contribution is -2.30. The molecule has 136 valence electrons. The highest BCUT2D eigenvalue weighted by Crippen LogP contribution is 2.45. The lowest BCUT2D eigenvalue weighted by Gasteiger charge is -2.25. The molecular formula is C17H16N2O7. The quantitative estimate of drug-likeness (QED) is 0.625. The van der Waals surface area contributed by atoms with E-state index in [9.17, 15) is 20.0 Å². The Labute approximate surface area is 147 Å². The van der Waals surface area contributed by atoms with Crippen LogP contribution in [0.25, 0.3) is 0 Å². The summed E-state index contributed by atoms with van der Waals surface area (Å²) < 4.78 is 15.8. The van der Waals surface area contributed by atoms with Gasteiger partial charge in [0.1, 0.15) is 28.9 Å². The number of ether oxygens (including phenoxy) is 2. The van der Waals surface area contributed by atoms with Crippen molar-refractivity contribution < 1.29 is 23.9 Å². The van der Waals surface area contributed by atoms with Crippen LogP contribution < -0.4 is 20.4 Å². The van der Waals surface area contributed by atoms with Crippen molar-refractivity contribution >= 4 is 0 Å². The van der Waals surface area contributed by atoms with E-state index < -0.39 is 27.9 Å². The van der Waals surface area contributed by atoms with Gasteiger partial charge < -0.3 is 24.3 Å². The molecule has 2 heterocycles. The fraction of sp³-hybridized carbons (Fsp3) is 0.235. The highest BCUT2D eigenvalue weighted by Gasteiger charge is 2.43. The van der Waals surface area contributed by atoms with Gasteiger partial charge in [0.05, 0.1) is 17.6 Å². The van der Waals surface area contributed by atoms with Crippen LogP contribution in [0.4, 0.5) is 0 Å². The minimum atomic E-state index is -1.21. The normalized spacial score (nSPS) is 15.9. The maximum atomic E-state index is 12.4. The summed E-state index contributed by atoms with van der Waals surface area (Å²) in [6.45, 7) is 1.50. The van der Waals surface area contributed by atoms with E-state index in [1.807, 2.05) is 0 Å². The third-order valence-corrected chi connectivity index (χ3v) is 4.05. The van der Waals surface area contributed by atoms with Crippen LogP contribution >= 0.6 is 0 Å². The van der Waals surface area contributed by atoms with Gasteiger partial charge in [-0.15, -0.1) is 0 Å². The Morgan fingerprint density at radius 1 is 1.35 bits per heavy atom. The third kappa shape index (κ3) is 2.73. The van der Waals surface area contributed by atoms with Crippen LogP contribution in [0.1, 0.15) is 22.8 Å². The van der Waals surface area contributed by atoms with E-state index in [1.54, 1.807) is 12.1 Å². The van der Waals surface area contributed by atoms with Crippen molar-refractivity contribution in [1.82, 2.24) is 5.32 Å². The zero-order valence-electron chi connectivity index (χ0n) is 14.2. The molecule has 0 saturated carbocycles. The standard InChI is InChI=1S/C17H16N2O7/c1-8-6-11(20)14(17(21)25-8)13-10-7-9(24-3)4-5-12(10)26-16(18-2)15(13)19(22)23/h4-7,13,18,20H,1-3H3. The van der Waals surface area contributed by atoms with E-state index in [0.717, 1.165) is 0 Å². The molecule has 1 aliphatic heterocycles. The molecule has 0 bridgehead atoms. The first kappa shape index (κ1) is 17.3. The number of nitro groups is 1. The first-order valence-electron chi connectivity index (χ1n) is 7.63. The first-order chi connectivity index (χ1) is 12.4. The molecule has 1 aromatic heterocycles. The Kier molecular flexibility index (Phi) is 4.29. The van der Waals surface area contributed by atoms with Gasteiger partial charge in [0, 0.05) is 18.7 Å². The van der Waals surface area contributed by atoms with Crippen molar-refractivity contribution in [3.8, 4) is 17.2 Å². The second kappa shape index (κ2) is 6.43. The SMILES string of the molecule is CNC1=C([N+](=O)[O-])C(c2c(O)cc(C)oc2=O)c2cc(OC)ccc2O1. The number of hydrogen-bond acceptors (Lipinski definition) is 8. The molecule has 1 atom stereocenters. The van der Waals surface area contributed by atoms with Crippen molar-refractivity contribution in [2.75, 3.05) is 14.2 Å². The van der Waals surface area contributed by atoms with Crippen LogP contribution in [-0.2, 0) is 0 Å². The minimum absolute atomic E-state index is 0.128. The van der Waals surface area contributed by atoms with Gasteiger partial charge in [0.15, 0.2) is 0 Å². The summed E-state index contributed by atoms with van der Waals surface area (Å²) in [7, 11) is 2.91. The van der Waals surface area contributed by atoms with Crippen molar-refractivity contribution in [2.24, 2.45) is 0 Å². The third-order valence-electron chi connectivity index (χ3n) is 4.05. The summed E-state index contributed by atoms with van der Waals surface area (Å²) >= 11 is 0. The Hall–Kier alpha value is -3.49. The number of nitrogens with one attached hydrogen (secondary N) is 1. The van der Waals surface area contributed by atoms with Gasteiger partial charge in [-0.3, -0.25) is 10.1 Å². The predicted molar refractivity (Wildman–Crippen MR) is 89.9 cm³/mol. The smallest absolute Gasteiger partial charge is 0.344 e. The average molecular weight is 360 g/mol. The summed E-state index contributed by atoms with van der Waals surface area (Å²) in [5, 5.41) is 24.7. The van der Waals surface area contributed by atoms with Crippen LogP contribution in [-0.4, -0.2) is 24.2 Å². The molecule has 0 aliphatic carbocycles. The van der Waals surface area contributed by atoms with Crippen LogP contribution in [0.5, 0.6) is 17.2 Å². The highest BCUT2D eigenvalue weighted by atomic mass is 16.6. The van der Waals surface area contributed by atoms with Crippen molar-refractivity contribution in [2.45, 2.75) is 12.8 Å². The number of fused-ring (bicyclic) bond motifs is 1. The number of allylic oxidation sites excluding steroid dienone is 1. The minimum Gasteiger partial charge on any atom is -0.507 e. The van der Waals surface area contributed by atoms with E-state index in [0.29, 0.717) is 17.1 Å². The number of aromatic hydroxyl groups is 1. The zero-order chi connectivity index (χ0) is 19.0. The molecule has 0 radical (unpaired) electrons. The molecule has 0 saturated heterocycles. The van der Waals surface area contributed by atoms with E-state index in [2.05, 4.69) is 5.32 Å². The monoisotopic (exact) mass is 360 g/mol. The molecule has 2 N–H and O–H groups in total. The van der Waals surface area contributed by atoms with E-state index in [-0.39, 0.29) is 17.2 Å². The van der Waals surface area contributed by atoms with Gasteiger partial charge in [0.25, 0.3) is 5.88 Å². The lowest BCUT2D eigenvalue weighted by molar-refractivity contribution is -0.433. The van der Waals surface area contributed by atoms with Gasteiger partial charge in [-0.05, 0) is 25.1 Å².